The van der Waals surface area contributed by atoms with Crippen molar-refractivity contribution in [2.24, 2.45) is 5.92 Å². The molecule has 1 saturated heterocycles. The van der Waals surface area contributed by atoms with Crippen LogP contribution in [-0.2, 0) is 4.79 Å². The Morgan fingerprint density at radius 2 is 2.35 bits per heavy atom. The summed E-state index contributed by atoms with van der Waals surface area (Å²) in [6.07, 6.45) is 2.98. The topological polar surface area (TPSA) is 70.8 Å². The third kappa shape index (κ3) is 2.94. The summed E-state index contributed by atoms with van der Waals surface area (Å²) in [4.78, 5) is 24.5. The van der Waals surface area contributed by atoms with E-state index in [-0.39, 0.29) is 18.2 Å². The molecule has 5 heteroatoms. The smallest absolute Gasteiger partial charge is 0.307 e. The largest absolute Gasteiger partial charge is 0.481 e. The van der Waals surface area contributed by atoms with Gasteiger partial charge in [0.2, 0.25) is 5.78 Å². The number of ketones is 1. The van der Waals surface area contributed by atoms with Gasteiger partial charge in [0.05, 0.1) is 18.7 Å². The molecule has 0 saturated carbocycles. The molecule has 17 heavy (non-hydrogen) atoms. The van der Waals surface area contributed by atoms with Gasteiger partial charge in [-0.25, -0.2) is 0 Å². The standard InChI is InChI=1S/C12H15NO4/c14-10(11-4-2-6-17-11)8-13-5-1-3-9(7-13)12(15)16/h2,4,6,9H,1,3,5,7-8H2,(H,15,16)/t9-/m0/s1. The maximum absolute atomic E-state index is 11.8. The highest BCUT2D eigenvalue weighted by Gasteiger charge is 2.26. The molecule has 1 N–H and O–H groups in total. The molecule has 1 fully saturated rings. The van der Waals surface area contributed by atoms with Crippen molar-refractivity contribution in [2.75, 3.05) is 19.6 Å². The SMILES string of the molecule is O=C(CN1CCC[C@H](C(=O)O)C1)c1ccco1. The molecule has 0 aliphatic carbocycles. The summed E-state index contributed by atoms with van der Waals surface area (Å²) in [5, 5.41) is 8.94. The summed E-state index contributed by atoms with van der Waals surface area (Å²) in [7, 11) is 0. The third-order valence-electron chi connectivity index (χ3n) is 3.02. The second-order valence-corrected chi connectivity index (χ2v) is 4.31. The molecular formula is C12H15NO4. The Morgan fingerprint density at radius 3 is 3.00 bits per heavy atom. The molecule has 92 valence electrons. The predicted octanol–water partition coefficient (Wildman–Crippen LogP) is 1.26. The molecule has 0 unspecified atom stereocenters. The first-order valence-corrected chi connectivity index (χ1v) is 5.68. The van der Waals surface area contributed by atoms with E-state index in [0.717, 1.165) is 13.0 Å². The number of hydrogen-bond donors (Lipinski definition) is 1. The summed E-state index contributed by atoms with van der Waals surface area (Å²) in [6, 6.07) is 3.30. The van der Waals surface area contributed by atoms with Gasteiger partial charge < -0.3 is 9.52 Å². The van der Waals surface area contributed by atoms with Gasteiger partial charge in [0.25, 0.3) is 0 Å². The number of carboxylic acids is 1. The van der Waals surface area contributed by atoms with Gasteiger partial charge in [0, 0.05) is 6.54 Å². The molecule has 1 aromatic rings. The molecule has 1 aliphatic rings. The highest BCUT2D eigenvalue weighted by molar-refractivity contribution is 5.95. The fourth-order valence-electron chi connectivity index (χ4n) is 2.12. The quantitative estimate of drug-likeness (QED) is 0.798. The number of rotatable bonds is 4. The Kier molecular flexibility index (Phi) is 3.58. The Labute approximate surface area is 99.0 Å². The van der Waals surface area contributed by atoms with Crippen LogP contribution < -0.4 is 0 Å². The van der Waals surface area contributed by atoms with Crippen LogP contribution in [0.3, 0.4) is 0 Å². The lowest BCUT2D eigenvalue weighted by Crippen LogP contribution is -2.41. The fraction of sp³-hybridized carbons (Fsp3) is 0.500. The monoisotopic (exact) mass is 237 g/mol. The molecule has 0 bridgehead atoms. The maximum Gasteiger partial charge on any atom is 0.307 e. The number of hydrogen-bond acceptors (Lipinski definition) is 4. The van der Waals surface area contributed by atoms with Gasteiger partial charge in [0.15, 0.2) is 5.76 Å². The van der Waals surface area contributed by atoms with Crippen molar-refractivity contribution in [3.63, 3.8) is 0 Å². The van der Waals surface area contributed by atoms with Gasteiger partial charge in [-0.1, -0.05) is 0 Å². The molecule has 2 rings (SSSR count). The van der Waals surface area contributed by atoms with Gasteiger partial charge in [0.1, 0.15) is 0 Å². The highest BCUT2D eigenvalue weighted by atomic mass is 16.4. The van der Waals surface area contributed by atoms with Crippen LogP contribution in [0.4, 0.5) is 0 Å². The molecule has 0 spiro atoms. The first-order chi connectivity index (χ1) is 8.16. The van der Waals surface area contributed by atoms with Crippen molar-refractivity contribution in [3.05, 3.63) is 24.2 Å². The normalized spacial score (nSPS) is 21.3. The van der Waals surface area contributed by atoms with Crippen LogP contribution in [0.15, 0.2) is 22.8 Å². The van der Waals surface area contributed by atoms with E-state index in [9.17, 15) is 9.59 Å². The molecule has 1 atom stereocenters. The first kappa shape index (κ1) is 11.9. The Hall–Kier alpha value is -1.62. The van der Waals surface area contributed by atoms with Crippen molar-refractivity contribution in [3.8, 4) is 0 Å². The van der Waals surface area contributed by atoms with Crippen LogP contribution >= 0.6 is 0 Å². The van der Waals surface area contributed by atoms with Crippen LogP contribution in [0.1, 0.15) is 23.4 Å². The lowest BCUT2D eigenvalue weighted by Gasteiger charge is -2.29. The third-order valence-corrected chi connectivity index (χ3v) is 3.02. The minimum absolute atomic E-state index is 0.0963. The zero-order valence-electron chi connectivity index (χ0n) is 9.46. The summed E-state index contributed by atoms with van der Waals surface area (Å²) in [6.45, 7) is 1.45. The van der Waals surface area contributed by atoms with E-state index in [1.54, 1.807) is 12.1 Å². The van der Waals surface area contributed by atoms with E-state index in [4.69, 9.17) is 9.52 Å². The molecule has 2 heterocycles. The Bertz CT molecular complexity index is 399. The lowest BCUT2D eigenvalue weighted by molar-refractivity contribution is -0.143. The molecule has 1 aromatic heterocycles. The van der Waals surface area contributed by atoms with Gasteiger partial charge >= 0.3 is 5.97 Å². The van der Waals surface area contributed by atoms with Crippen LogP contribution in [0.2, 0.25) is 0 Å². The summed E-state index contributed by atoms with van der Waals surface area (Å²) in [5.74, 6) is -0.892. The van der Waals surface area contributed by atoms with Crippen LogP contribution in [0, 0.1) is 5.92 Å². The maximum atomic E-state index is 11.8. The predicted molar refractivity (Wildman–Crippen MR) is 59.8 cm³/mol. The summed E-state index contributed by atoms with van der Waals surface area (Å²) in [5.41, 5.74) is 0. The van der Waals surface area contributed by atoms with E-state index < -0.39 is 5.97 Å². The van der Waals surface area contributed by atoms with E-state index in [2.05, 4.69) is 0 Å². The summed E-state index contributed by atoms with van der Waals surface area (Å²) < 4.78 is 5.02. The fourth-order valence-corrected chi connectivity index (χ4v) is 2.12. The van der Waals surface area contributed by atoms with E-state index >= 15 is 0 Å². The van der Waals surface area contributed by atoms with E-state index in [1.165, 1.54) is 6.26 Å². The van der Waals surface area contributed by atoms with Gasteiger partial charge in [-0.15, -0.1) is 0 Å². The second kappa shape index (κ2) is 5.14. The van der Waals surface area contributed by atoms with Gasteiger partial charge in [-0.3, -0.25) is 14.5 Å². The minimum Gasteiger partial charge on any atom is -0.481 e. The van der Waals surface area contributed by atoms with E-state index in [1.807, 2.05) is 4.90 Å². The lowest BCUT2D eigenvalue weighted by atomic mass is 9.98. The minimum atomic E-state index is -0.778. The Morgan fingerprint density at radius 1 is 1.53 bits per heavy atom. The number of carboxylic acid groups (broad SMARTS) is 1. The number of carbonyl (C=O) groups excluding carboxylic acids is 1. The average Bonchev–Trinajstić information content (AvgIpc) is 2.82. The van der Waals surface area contributed by atoms with E-state index in [0.29, 0.717) is 18.7 Å². The number of aliphatic carboxylic acids is 1. The molecule has 1 aliphatic heterocycles. The zero-order valence-corrected chi connectivity index (χ0v) is 9.46. The van der Waals surface area contributed by atoms with Crippen LogP contribution in [-0.4, -0.2) is 41.4 Å². The number of likely N-dealkylation sites (tertiary alicyclic amines) is 1. The van der Waals surface area contributed by atoms with Crippen molar-refractivity contribution in [2.45, 2.75) is 12.8 Å². The Balaban J connectivity index is 1.91. The van der Waals surface area contributed by atoms with Crippen LogP contribution in [0.25, 0.3) is 0 Å². The average molecular weight is 237 g/mol. The highest BCUT2D eigenvalue weighted by Crippen LogP contribution is 2.17. The van der Waals surface area contributed by atoms with Crippen LogP contribution in [0.5, 0.6) is 0 Å². The van der Waals surface area contributed by atoms with Crippen molar-refractivity contribution in [1.82, 2.24) is 4.90 Å². The van der Waals surface area contributed by atoms with Gasteiger partial charge in [-0.2, -0.15) is 0 Å². The van der Waals surface area contributed by atoms with Crippen molar-refractivity contribution >= 4 is 11.8 Å². The van der Waals surface area contributed by atoms with Crippen molar-refractivity contribution < 1.29 is 19.1 Å². The number of Topliss-reactive ketones (excluding diaryl/α,β-unsaturated/α-hetero) is 1. The summed E-state index contributed by atoms with van der Waals surface area (Å²) >= 11 is 0. The second-order valence-electron chi connectivity index (χ2n) is 4.31. The first-order valence-electron chi connectivity index (χ1n) is 5.68. The molecule has 0 aromatic carbocycles. The number of furan rings is 1. The number of carbonyl (C=O) groups is 2. The molecule has 0 amide bonds. The van der Waals surface area contributed by atoms with Gasteiger partial charge in [-0.05, 0) is 31.5 Å². The zero-order chi connectivity index (χ0) is 12.3. The number of piperidine rings is 1. The van der Waals surface area contributed by atoms with Crippen molar-refractivity contribution in [1.29, 1.82) is 0 Å². The number of nitrogens with zero attached hydrogens (tertiary/aromatic N) is 1. The molecular weight excluding hydrogens is 222 g/mol. The molecule has 0 radical (unpaired) electrons. The molecule has 5 nitrogen and oxygen atoms in total.